The van der Waals surface area contributed by atoms with E-state index in [0.717, 1.165) is 37.2 Å². The van der Waals surface area contributed by atoms with E-state index in [1.165, 1.54) is 12.8 Å². The summed E-state index contributed by atoms with van der Waals surface area (Å²) in [6.45, 7) is 2.98. The maximum absolute atomic E-state index is 5.61. The van der Waals surface area contributed by atoms with Crippen molar-refractivity contribution in [2.75, 3.05) is 6.61 Å². The number of nitrogens with two attached hydrogens (primary N) is 1. The van der Waals surface area contributed by atoms with Crippen molar-refractivity contribution in [1.82, 2.24) is 5.43 Å². The second kappa shape index (κ2) is 6.19. The van der Waals surface area contributed by atoms with Crippen LogP contribution in [0.2, 0.25) is 0 Å². The highest BCUT2D eigenvalue weighted by molar-refractivity contribution is 5.17. The molecular formula is C13H22N2O2. The monoisotopic (exact) mass is 238 g/mol. The minimum atomic E-state index is 0.117. The third-order valence-electron chi connectivity index (χ3n) is 3.46. The number of hydrazine groups is 1. The first kappa shape index (κ1) is 12.6. The molecule has 1 fully saturated rings. The number of hydrogen-bond acceptors (Lipinski definition) is 4. The number of ether oxygens (including phenoxy) is 1. The third kappa shape index (κ3) is 3.31. The summed E-state index contributed by atoms with van der Waals surface area (Å²) in [6, 6.07) is 2.09. The van der Waals surface area contributed by atoms with Crippen LogP contribution in [-0.2, 0) is 4.74 Å². The number of rotatable bonds is 6. The van der Waals surface area contributed by atoms with Gasteiger partial charge in [-0.2, -0.15) is 0 Å². The van der Waals surface area contributed by atoms with Crippen LogP contribution in [-0.4, -0.2) is 12.7 Å². The maximum atomic E-state index is 5.61. The van der Waals surface area contributed by atoms with Gasteiger partial charge in [-0.05, 0) is 50.7 Å². The molecule has 4 nitrogen and oxygen atoms in total. The van der Waals surface area contributed by atoms with Crippen LogP contribution in [0.5, 0.6) is 0 Å². The van der Waals surface area contributed by atoms with Crippen molar-refractivity contribution < 1.29 is 9.15 Å². The van der Waals surface area contributed by atoms with Gasteiger partial charge in [0.05, 0.1) is 18.4 Å². The number of furan rings is 1. The lowest BCUT2D eigenvalue weighted by atomic mass is 10.0. The fourth-order valence-corrected chi connectivity index (χ4v) is 2.45. The van der Waals surface area contributed by atoms with E-state index in [1.807, 2.05) is 13.0 Å². The molecule has 0 spiro atoms. The minimum Gasteiger partial charge on any atom is -0.467 e. The van der Waals surface area contributed by atoms with Gasteiger partial charge in [-0.15, -0.1) is 0 Å². The zero-order valence-corrected chi connectivity index (χ0v) is 10.4. The number of aryl methyl sites for hydroxylation is 1. The summed E-state index contributed by atoms with van der Waals surface area (Å²) >= 11 is 0. The molecular weight excluding hydrogens is 216 g/mol. The van der Waals surface area contributed by atoms with Gasteiger partial charge >= 0.3 is 0 Å². The van der Waals surface area contributed by atoms with Crippen LogP contribution in [0, 0.1) is 6.92 Å². The lowest BCUT2D eigenvalue weighted by molar-refractivity contribution is 0.101. The average Bonchev–Trinajstić information content (AvgIpc) is 2.96. The maximum Gasteiger partial charge on any atom is 0.124 e. The molecule has 0 amide bonds. The summed E-state index contributed by atoms with van der Waals surface area (Å²) in [7, 11) is 0. The zero-order chi connectivity index (χ0) is 12.1. The van der Waals surface area contributed by atoms with Crippen molar-refractivity contribution in [2.24, 2.45) is 5.84 Å². The fourth-order valence-electron chi connectivity index (χ4n) is 2.45. The van der Waals surface area contributed by atoms with Gasteiger partial charge in [0.25, 0.3) is 0 Å². The Labute approximate surface area is 102 Å². The van der Waals surface area contributed by atoms with Crippen LogP contribution in [0.1, 0.15) is 49.5 Å². The van der Waals surface area contributed by atoms with Gasteiger partial charge in [-0.25, -0.2) is 5.43 Å². The highest BCUT2D eigenvalue weighted by Gasteiger charge is 2.18. The van der Waals surface area contributed by atoms with Crippen molar-refractivity contribution >= 4 is 0 Å². The summed E-state index contributed by atoms with van der Waals surface area (Å²) in [5.74, 6) is 6.54. The molecule has 1 aromatic rings. The molecule has 1 saturated heterocycles. The smallest absolute Gasteiger partial charge is 0.124 e. The Hall–Kier alpha value is -0.840. The van der Waals surface area contributed by atoms with E-state index >= 15 is 0 Å². The predicted molar refractivity (Wildman–Crippen MR) is 66.3 cm³/mol. The molecule has 2 unspecified atom stereocenters. The normalized spacial score (nSPS) is 21.9. The van der Waals surface area contributed by atoms with Crippen molar-refractivity contribution in [3.05, 3.63) is 23.7 Å². The fraction of sp³-hybridized carbons (Fsp3) is 0.692. The van der Waals surface area contributed by atoms with Crippen molar-refractivity contribution in [1.29, 1.82) is 0 Å². The van der Waals surface area contributed by atoms with E-state index in [2.05, 4.69) is 5.43 Å². The Morgan fingerprint density at radius 2 is 2.47 bits per heavy atom. The van der Waals surface area contributed by atoms with Gasteiger partial charge < -0.3 is 9.15 Å². The minimum absolute atomic E-state index is 0.117. The topological polar surface area (TPSA) is 60.4 Å². The van der Waals surface area contributed by atoms with Crippen molar-refractivity contribution in [3.63, 3.8) is 0 Å². The zero-order valence-electron chi connectivity index (χ0n) is 10.4. The molecule has 0 bridgehead atoms. The van der Waals surface area contributed by atoms with E-state index in [-0.39, 0.29) is 6.04 Å². The number of nitrogens with one attached hydrogen (secondary N) is 1. The third-order valence-corrected chi connectivity index (χ3v) is 3.46. The Morgan fingerprint density at radius 1 is 1.59 bits per heavy atom. The Morgan fingerprint density at radius 3 is 3.06 bits per heavy atom. The highest BCUT2D eigenvalue weighted by Crippen LogP contribution is 2.25. The molecule has 0 aliphatic carbocycles. The van der Waals surface area contributed by atoms with Crippen LogP contribution in [0.3, 0.4) is 0 Å². The van der Waals surface area contributed by atoms with Gasteiger partial charge in [0.1, 0.15) is 5.76 Å². The van der Waals surface area contributed by atoms with E-state index < -0.39 is 0 Å². The summed E-state index contributed by atoms with van der Waals surface area (Å²) in [5, 5.41) is 0. The quantitative estimate of drug-likeness (QED) is 0.590. The summed E-state index contributed by atoms with van der Waals surface area (Å²) in [4.78, 5) is 0. The van der Waals surface area contributed by atoms with Gasteiger partial charge in [-0.3, -0.25) is 5.84 Å². The van der Waals surface area contributed by atoms with Crippen LogP contribution in [0.4, 0.5) is 0 Å². The van der Waals surface area contributed by atoms with Gasteiger partial charge in [0.2, 0.25) is 0 Å². The summed E-state index contributed by atoms with van der Waals surface area (Å²) in [6.07, 6.45) is 7.82. The molecule has 2 heterocycles. The standard InChI is InChI=1S/C13H22N2O2/c1-10-7-9-17-13(10)12(15-14)6-2-4-11-5-3-8-16-11/h7,9,11-12,15H,2-6,8,14H2,1H3. The molecule has 17 heavy (non-hydrogen) atoms. The van der Waals surface area contributed by atoms with E-state index in [1.54, 1.807) is 6.26 Å². The van der Waals surface area contributed by atoms with Gasteiger partial charge in [0, 0.05) is 6.61 Å². The molecule has 1 aliphatic rings. The molecule has 0 saturated carbocycles. The molecule has 96 valence electrons. The van der Waals surface area contributed by atoms with E-state index in [4.69, 9.17) is 15.0 Å². The first-order valence-corrected chi connectivity index (χ1v) is 6.43. The second-order valence-electron chi connectivity index (χ2n) is 4.75. The molecule has 1 aromatic heterocycles. The molecule has 0 radical (unpaired) electrons. The largest absolute Gasteiger partial charge is 0.467 e. The van der Waals surface area contributed by atoms with Crippen molar-refractivity contribution in [3.8, 4) is 0 Å². The molecule has 2 rings (SSSR count). The lowest BCUT2D eigenvalue weighted by Crippen LogP contribution is -2.28. The second-order valence-corrected chi connectivity index (χ2v) is 4.75. The van der Waals surface area contributed by atoms with Gasteiger partial charge in [0.15, 0.2) is 0 Å². The van der Waals surface area contributed by atoms with Gasteiger partial charge in [-0.1, -0.05) is 0 Å². The Bertz CT molecular complexity index is 332. The van der Waals surface area contributed by atoms with E-state index in [0.29, 0.717) is 6.10 Å². The van der Waals surface area contributed by atoms with Crippen LogP contribution in [0.15, 0.2) is 16.7 Å². The van der Waals surface area contributed by atoms with E-state index in [9.17, 15) is 0 Å². The van der Waals surface area contributed by atoms with Crippen LogP contribution < -0.4 is 11.3 Å². The Balaban J connectivity index is 1.77. The SMILES string of the molecule is Cc1ccoc1C(CCCC1CCCO1)NN. The molecule has 2 atom stereocenters. The summed E-state index contributed by atoms with van der Waals surface area (Å²) < 4.78 is 11.1. The first-order chi connectivity index (χ1) is 8.31. The molecule has 4 heteroatoms. The highest BCUT2D eigenvalue weighted by atomic mass is 16.5. The van der Waals surface area contributed by atoms with Crippen LogP contribution in [0.25, 0.3) is 0 Å². The van der Waals surface area contributed by atoms with Crippen LogP contribution >= 0.6 is 0 Å². The molecule has 1 aliphatic heterocycles. The number of hydrogen-bond donors (Lipinski definition) is 2. The van der Waals surface area contributed by atoms with Crippen molar-refractivity contribution in [2.45, 2.75) is 51.2 Å². The summed E-state index contributed by atoms with van der Waals surface area (Å²) in [5.41, 5.74) is 3.99. The first-order valence-electron chi connectivity index (χ1n) is 6.43. The predicted octanol–water partition coefficient (Wildman–Crippen LogP) is 2.44. The molecule has 0 aromatic carbocycles. The lowest BCUT2D eigenvalue weighted by Gasteiger charge is -2.15. The molecule has 3 N–H and O–H groups in total. The Kier molecular flexibility index (Phi) is 4.59. The average molecular weight is 238 g/mol.